The molecule has 8 nitrogen and oxygen atoms in total. The van der Waals surface area contributed by atoms with Crippen molar-refractivity contribution < 1.29 is 9.26 Å². The van der Waals surface area contributed by atoms with E-state index in [1.54, 1.807) is 7.11 Å². The Morgan fingerprint density at radius 2 is 2.07 bits per heavy atom. The molecule has 0 fully saturated rings. The summed E-state index contributed by atoms with van der Waals surface area (Å²) >= 11 is 0. The topological polar surface area (TPSA) is 83.8 Å². The molecule has 0 spiro atoms. The Kier molecular flexibility index (Phi) is 4.09. The molecule has 5 rings (SSSR count). The van der Waals surface area contributed by atoms with Crippen LogP contribution in [0.3, 0.4) is 0 Å². The Hall–Kier alpha value is -3.26. The zero-order valence-corrected chi connectivity index (χ0v) is 16.9. The summed E-state index contributed by atoms with van der Waals surface area (Å²) in [6, 6.07) is 8.29. The molecule has 148 valence electrons. The molecular formula is C21H22N6O2. The van der Waals surface area contributed by atoms with Gasteiger partial charge in [0.1, 0.15) is 18.6 Å². The highest BCUT2D eigenvalue weighted by Gasteiger charge is 2.27. The molecule has 1 aliphatic rings. The maximum atomic E-state index is 5.64. The highest BCUT2D eigenvalue weighted by atomic mass is 16.5. The maximum Gasteiger partial charge on any atom is 0.187 e. The monoisotopic (exact) mass is 390 g/mol. The van der Waals surface area contributed by atoms with Crippen LogP contribution in [0.4, 0.5) is 0 Å². The SMILES string of the molecule is COCc1nnc2n1Cc1c(-c3cc(C(C)C)no3)ncn1-c1ccc(C)cc1-2. The summed E-state index contributed by atoms with van der Waals surface area (Å²) < 4.78 is 15.2. The van der Waals surface area contributed by atoms with Gasteiger partial charge >= 0.3 is 0 Å². The summed E-state index contributed by atoms with van der Waals surface area (Å²) in [5, 5.41) is 13.0. The van der Waals surface area contributed by atoms with Crippen LogP contribution in [0.2, 0.25) is 0 Å². The number of rotatable bonds is 4. The molecule has 3 aromatic heterocycles. The second kappa shape index (κ2) is 6.66. The number of hydrogen-bond acceptors (Lipinski definition) is 6. The van der Waals surface area contributed by atoms with Gasteiger partial charge in [-0.2, -0.15) is 0 Å². The van der Waals surface area contributed by atoms with Gasteiger partial charge in [0.2, 0.25) is 0 Å². The molecule has 1 aliphatic heterocycles. The van der Waals surface area contributed by atoms with Crippen molar-refractivity contribution in [1.82, 2.24) is 29.5 Å². The predicted octanol–water partition coefficient (Wildman–Crippen LogP) is 3.73. The second-order valence-corrected chi connectivity index (χ2v) is 7.66. The van der Waals surface area contributed by atoms with Gasteiger partial charge in [0.25, 0.3) is 0 Å². The van der Waals surface area contributed by atoms with Crippen LogP contribution in [0.1, 0.15) is 42.5 Å². The van der Waals surface area contributed by atoms with E-state index in [0.717, 1.165) is 45.5 Å². The van der Waals surface area contributed by atoms with Crippen LogP contribution in [0.25, 0.3) is 28.5 Å². The summed E-state index contributed by atoms with van der Waals surface area (Å²) in [5.74, 6) is 2.55. The first-order chi connectivity index (χ1) is 14.1. The number of nitrogens with zero attached hydrogens (tertiary/aromatic N) is 6. The van der Waals surface area contributed by atoms with Crippen molar-refractivity contribution in [3.8, 4) is 28.5 Å². The van der Waals surface area contributed by atoms with Crippen LogP contribution in [-0.4, -0.2) is 36.6 Å². The standard InChI is InChI=1S/C21H22N6O2/c1-12(2)15-8-18(29-25-15)20-17-9-26-19(10-28-4)23-24-21(26)14-7-13(3)5-6-16(14)27(17)11-22-20/h5-8,11-12H,9-10H2,1-4H3. The van der Waals surface area contributed by atoms with Crippen molar-refractivity contribution in [3.05, 3.63) is 53.4 Å². The molecule has 1 aromatic carbocycles. The fraction of sp³-hybridized carbons (Fsp3) is 0.333. The molecule has 8 heteroatoms. The lowest BCUT2D eigenvalue weighted by molar-refractivity contribution is 0.174. The molecule has 0 saturated carbocycles. The molecule has 0 N–H and O–H groups in total. The third-order valence-corrected chi connectivity index (χ3v) is 5.28. The van der Waals surface area contributed by atoms with Gasteiger partial charge in [0.05, 0.1) is 23.6 Å². The molecule has 29 heavy (non-hydrogen) atoms. The Morgan fingerprint density at radius 3 is 2.83 bits per heavy atom. The number of ether oxygens (including phenoxy) is 1. The van der Waals surface area contributed by atoms with Gasteiger partial charge in [-0.05, 0) is 25.0 Å². The first kappa shape index (κ1) is 17.8. The Bertz CT molecular complexity index is 1200. The van der Waals surface area contributed by atoms with Gasteiger partial charge in [0.15, 0.2) is 17.4 Å². The van der Waals surface area contributed by atoms with Crippen molar-refractivity contribution in [1.29, 1.82) is 0 Å². The molecular weight excluding hydrogens is 368 g/mol. The molecule has 0 bridgehead atoms. The minimum atomic E-state index is 0.287. The van der Waals surface area contributed by atoms with Crippen LogP contribution >= 0.6 is 0 Å². The Morgan fingerprint density at radius 1 is 1.21 bits per heavy atom. The average molecular weight is 390 g/mol. The normalized spacial score (nSPS) is 12.6. The molecule has 0 amide bonds. The highest BCUT2D eigenvalue weighted by molar-refractivity contribution is 5.72. The van der Waals surface area contributed by atoms with Crippen LogP contribution in [0.15, 0.2) is 35.1 Å². The van der Waals surface area contributed by atoms with E-state index in [-0.39, 0.29) is 5.92 Å². The lowest BCUT2D eigenvalue weighted by atomic mass is 10.1. The molecule has 4 aromatic rings. The van der Waals surface area contributed by atoms with Crippen molar-refractivity contribution >= 4 is 0 Å². The van der Waals surface area contributed by atoms with E-state index in [1.165, 1.54) is 0 Å². The van der Waals surface area contributed by atoms with Crippen LogP contribution in [0, 0.1) is 6.92 Å². The quantitative estimate of drug-likeness (QED) is 0.465. The number of methoxy groups -OCH3 is 1. The first-order valence-electron chi connectivity index (χ1n) is 9.62. The zero-order chi connectivity index (χ0) is 20.1. The van der Waals surface area contributed by atoms with Crippen molar-refractivity contribution in [2.75, 3.05) is 7.11 Å². The van der Waals surface area contributed by atoms with E-state index in [9.17, 15) is 0 Å². The van der Waals surface area contributed by atoms with Crippen LogP contribution in [0.5, 0.6) is 0 Å². The number of benzene rings is 1. The minimum Gasteiger partial charge on any atom is -0.377 e. The summed E-state index contributed by atoms with van der Waals surface area (Å²) in [6.07, 6.45) is 1.84. The third kappa shape index (κ3) is 2.79. The number of imidazole rings is 1. The van der Waals surface area contributed by atoms with E-state index in [1.807, 2.05) is 12.4 Å². The third-order valence-electron chi connectivity index (χ3n) is 5.28. The number of fused-ring (bicyclic) bond motifs is 5. The first-order valence-corrected chi connectivity index (χ1v) is 9.62. The van der Waals surface area contributed by atoms with Gasteiger partial charge in [-0.3, -0.25) is 4.57 Å². The summed E-state index contributed by atoms with van der Waals surface area (Å²) in [7, 11) is 1.66. The van der Waals surface area contributed by atoms with Crippen molar-refractivity contribution in [3.63, 3.8) is 0 Å². The number of hydrogen-bond donors (Lipinski definition) is 0. The van der Waals surface area contributed by atoms with Crippen LogP contribution < -0.4 is 0 Å². The van der Waals surface area contributed by atoms with Gasteiger partial charge in [-0.1, -0.05) is 30.6 Å². The van der Waals surface area contributed by atoms with Crippen LogP contribution in [-0.2, 0) is 17.9 Å². The molecule has 0 unspecified atom stereocenters. The predicted molar refractivity (Wildman–Crippen MR) is 107 cm³/mol. The van der Waals surface area contributed by atoms with E-state index < -0.39 is 0 Å². The maximum absolute atomic E-state index is 5.64. The summed E-state index contributed by atoms with van der Waals surface area (Å²) in [4.78, 5) is 4.68. The molecule has 0 atom stereocenters. The molecule has 4 heterocycles. The smallest absolute Gasteiger partial charge is 0.187 e. The molecule has 0 aliphatic carbocycles. The average Bonchev–Trinajstić information content (AvgIpc) is 3.40. The van der Waals surface area contributed by atoms with Gasteiger partial charge in [-0.15, -0.1) is 10.2 Å². The fourth-order valence-corrected chi connectivity index (χ4v) is 3.74. The van der Waals surface area contributed by atoms with Crippen molar-refractivity contribution in [2.45, 2.75) is 39.8 Å². The summed E-state index contributed by atoms with van der Waals surface area (Å²) in [5.41, 5.74) is 5.88. The fourth-order valence-electron chi connectivity index (χ4n) is 3.74. The van der Waals surface area contributed by atoms with Crippen molar-refractivity contribution in [2.24, 2.45) is 0 Å². The van der Waals surface area contributed by atoms with Gasteiger partial charge in [0, 0.05) is 18.7 Å². The summed E-state index contributed by atoms with van der Waals surface area (Å²) in [6.45, 7) is 7.20. The number of aromatic nitrogens is 6. The van der Waals surface area contributed by atoms with E-state index >= 15 is 0 Å². The highest BCUT2D eigenvalue weighted by Crippen LogP contribution is 2.36. The van der Waals surface area contributed by atoms with Gasteiger partial charge < -0.3 is 13.8 Å². The van der Waals surface area contributed by atoms with E-state index in [2.05, 4.69) is 68.4 Å². The number of aryl methyl sites for hydroxylation is 1. The lowest BCUT2D eigenvalue weighted by Crippen LogP contribution is -2.08. The Balaban J connectivity index is 1.74. The molecule has 0 saturated heterocycles. The van der Waals surface area contributed by atoms with E-state index in [0.29, 0.717) is 18.9 Å². The minimum absolute atomic E-state index is 0.287. The van der Waals surface area contributed by atoms with Gasteiger partial charge in [-0.25, -0.2) is 4.98 Å². The lowest BCUT2D eigenvalue weighted by Gasteiger charge is -2.09. The zero-order valence-electron chi connectivity index (χ0n) is 16.9. The largest absolute Gasteiger partial charge is 0.377 e. The van der Waals surface area contributed by atoms with E-state index in [4.69, 9.17) is 9.26 Å². The Labute approximate surface area is 168 Å². The second-order valence-electron chi connectivity index (χ2n) is 7.66. The molecule has 0 radical (unpaired) electrons.